The molecule has 11 heavy (non-hydrogen) atoms. The van der Waals surface area contributed by atoms with Gasteiger partial charge in [0.2, 0.25) is 12.4 Å². The van der Waals surface area contributed by atoms with Crippen LogP contribution in [0.3, 0.4) is 0 Å². The molecule has 1 heterocycles. The van der Waals surface area contributed by atoms with Gasteiger partial charge in [-0.3, -0.25) is 0 Å². The van der Waals surface area contributed by atoms with Gasteiger partial charge in [-0.05, 0) is 0 Å². The van der Waals surface area contributed by atoms with Gasteiger partial charge in [0.1, 0.15) is 0 Å². The molecule has 1 aliphatic heterocycles. The molecule has 0 atom stereocenters. The number of para-hydroxylation sites is 1. The van der Waals surface area contributed by atoms with Crippen LogP contribution in [0.25, 0.3) is 0 Å². The van der Waals surface area contributed by atoms with E-state index in [0.29, 0.717) is 0 Å². The molecule has 1 aliphatic rings. The second kappa shape index (κ2) is 2.47. The van der Waals surface area contributed by atoms with E-state index in [0.717, 1.165) is 12.1 Å². The first-order valence-corrected chi connectivity index (χ1v) is 3.70. The highest BCUT2D eigenvalue weighted by molar-refractivity contribution is 5.66. The summed E-state index contributed by atoms with van der Waals surface area (Å²) >= 11 is 0. The van der Waals surface area contributed by atoms with Crippen LogP contribution in [0, 0.1) is 0 Å². The van der Waals surface area contributed by atoms with Gasteiger partial charge in [-0.1, -0.05) is 18.2 Å². The summed E-state index contributed by atoms with van der Waals surface area (Å²) in [4.78, 5) is 0. The Morgan fingerprint density at radius 1 is 1.36 bits per heavy atom. The lowest BCUT2D eigenvalue weighted by atomic mass is 10.2. The Bertz CT molecular complexity index is 304. The Morgan fingerprint density at radius 3 is 3.00 bits per heavy atom. The van der Waals surface area contributed by atoms with E-state index in [1.54, 1.807) is 0 Å². The summed E-state index contributed by atoms with van der Waals surface area (Å²) in [5.74, 6) is 0. The first-order chi connectivity index (χ1) is 5.42. The van der Waals surface area contributed by atoms with E-state index in [1.165, 1.54) is 5.56 Å². The van der Waals surface area contributed by atoms with Crippen molar-refractivity contribution in [3.63, 3.8) is 0 Å². The van der Waals surface area contributed by atoms with Crippen molar-refractivity contribution >= 4 is 11.9 Å². The van der Waals surface area contributed by atoms with Crippen LogP contribution in [0.1, 0.15) is 5.56 Å². The molecule has 1 aromatic carbocycles. The molecule has 1 aromatic rings. The predicted molar refractivity (Wildman–Crippen MR) is 43.2 cm³/mol. The fourth-order valence-electron chi connectivity index (χ4n) is 1.40. The zero-order valence-electron chi connectivity index (χ0n) is 6.20. The number of nitrogens with zero attached hydrogens (tertiary/aromatic N) is 1. The summed E-state index contributed by atoms with van der Waals surface area (Å²) in [6, 6.07) is 8.12. The number of rotatable bonds is 1. The minimum absolute atomic E-state index is 0.0804. The maximum Gasteiger partial charge on any atom is 0.250 e. The van der Waals surface area contributed by atoms with Crippen LogP contribution in [-0.4, -0.2) is 22.6 Å². The SMILES string of the molecule is OC[N+]1=CCc2ccccc21. The quantitative estimate of drug-likeness (QED) is 0.588. The summed E-state index contributed by atoms with van der Waals surface area (Å²) in [5, 5.41) is 8.91. The Kier molecular flexibility index (Phi) is 1.47. The van der Waals surface area contributed by atoms with Gasteiger partial charge in [-0.15, -0.1) is 0 Å². The summed E-state index contributed by atoms with van der Waals surface area (Å²) in [5.41, 5.74) is 2.43. The smallest absolute Gasteiger partial charge is 0.250 e. The van der Waals surface area contributed by atoms with Gasteiger partial charge in [-0.25, -0.2) is 0 Å². The van der Waals surface area contributed by atoms with Crippen LogP contribution in [0.4, 0.5) is 5.69 Å². The average Bonchev–Trinajstić information content (AvgIpc) is 2.47. The fraction of sp³-hybridized carbons (Fsp3) is 0.222. The largest absolute Gasteiger partial charge is 0.339 e. The van der Waals surface area contributed by atoms with Crippen molar-refractivity contribution in [3.05, 3.63) is 29.8 Å². The number of aliphatic hydroxyl groups excluding tert-OH is 1. The second-order valence-corrected chi connectivity index (χ2v) is 2.63. The molecular formula is C9H10NO+. The van der Waals surface area contributed by atoms with E-state index in [2.05, 4.69) is 6.07 Å². The summed E-state index contributed by atoms with van der Waals surface area (Å²) in [6.07, 6.45) is 2.95. The molecule has 2 rings (SSSR count). The van der Waals surface area contributed by atoms with E-state index < -0.39 is 0 Å². The molecule has 0 unspecified atom stereocenters. The highest BCUT2D eigenvalue weighted by Crippen LogP contribution is 2.21. The predicted octanol–water partition coefficient (Wildman–Crippen LogP) is 0.907. The van der Waals surface area contributed by atoms with Crippen molar-refractivity contribution in [3.8, 4) is 0 Å². The van der Waals surface area contributed by atoms with E-state index in [4.69, 9.17) is 5.11 Å². The molecular weight excluding hydrogens is 138 g/mol. The van der Waals surface area contributed by atoms with Crippen LogP contribution in [-0.2, 0) is 6.42 Å². The van der Waals surface area contributed by atoms with E-state index in [1.807, 2.05) is 29.0 Å². The maximum atomic E-state index is 8.91. The van der Waals surface area contributed by atoms with Crippen molar-refractivity contribution in [1.82, 2.24) is 0 Å². The van der Waals surface area contributed by atoms with Crippen LogP contribution in [0.2, 0.25) is 0 Å². The molecule has 0 saturated carbocycles. The molecule has 0 fully saturated rings. The summed E-state index contributed by atoms with van der Waals surface area (Å²) in [7, 11) is 0. The van der Waals surface area contributed by atoms with E-state index >= 15 is 0 Å². The zero-order chi connectivity index (χ0) is 7.68. The minimum Gasteiger partial charge on any atom is -0.339 e. The van der Waals surface area contributed by atoms with Gasteiger partial charge in [0.25, 0.3) is 0 Å². The number of benzene rings is 1. The Balaban J connectivity index is 2.48. The van der Waals surface area contributed by atoms with Gasteiger partial charge >= 0.3 is 0 Å². The minimum atomic E-state index is 0.0804. The second-order valence-electron chi connectivity index (χ2n) is 2.63. The van der Waals surface area contributed by atoms with Crippen molar-refractivity contribution in [2.75, 3.05) is 6.73 Å². The summed E-state index contributed by atoms with van der Waals surface area (Å²) in [6.45, 7) is 0.0804. The van der Waals surface area contributed by atoms with Gasteiger partial charge in [0, 0.05) is 11.6 Å². The molecule has 0 bridgehead atoms. The molecule has 2 heteroatoms. The van der Waals surface area contributed by atoms with Gasteiger partial charge in [0.15, 0.2) is 6.21 Å². The Morgan fingerprint density at radius 2 is 2.18 bits per heavy atom. The van der Waals surface area contributed by atoms with Crippen LogP contribution >= 0.6 is 0 Å². The zero-order valence-corrected chi connectivity index (χ0v) is 6.20. The highest BCUT2D eigenvalue weighted by atomic mass is 16.3. The molecule has 0 aromatic heterocycles. The van der Waals surface area contributed by atoms with Crippen LogP contribution in [0.5, 0.6) is 0 Å². The number of hydrogen-bond donors (Lipinski definition) is 1. The van der Waals surface area contributed by atoms with Gasteiger partial charge in [0.05, 0.1) is 6.42 Å². The normalized spacial score (nSPS) is 14.5. The number of fused-ring (bicyclic) bond motifs is 1. The lowest BCUT2D eigenvalue weighted by molar-refractivity contribution is -0.477. The van der Waals surface area contributed by atoms with Gasteiger partial charge in [-0.2, -0.15) is 4.58 Å². The number of hydrogen-bond acceptors (Lipinski definition) is 1. The summed E-state index contributed by atoms with van der Waals surface area (Å²) < 4.78 is 1.86. The highest BCUT2D eigenvalue weighted by Gasteiger charge is 2.18. The van der Waals surface area contributed by atoms with Crippen LogP contribution in [0.15, 0.2) is 24.3 Å². The topological polar surface area (TPSA) is 23.2 Å². The molecule has 0 aliphatic carbocycles. The fourth-order valence-corrected chi connectivity index (χ4v) is 1.40. The first kappa shape index (κ1) is 6.55. The first-order valence-electron chi connectivity index (χ1n) is 3.70. The molecule has 0 saturated heterocycles. The lowest BCUT2D eigenvalue weighted by Gasteiger charge is -1.94. The molecule has 0 spiro atoms. The molecule has 1 N–H and O–H groups in total. The van der Waals surface area contributed by atoms with Gasteiger partial charge < -0.3 is 5.11 Å². The third-order valence-electron chi connectivity index (χ3n) is 1.98. The van der Waals surface area contributed by atoms with E-state index in [-0.39, 0.29) is 6.73 Å². The average molecular weight is 148 g/mol. The molecule has 0 radical (unpaired) electrons. The maximum absolute atomic E-state index is 8.91. The Labute approximate surface area is 65.4 Å². The van der Waals surface area contributed by atoms with E-state index in [9.17, 15) is 0 Å². The standard InChI is InChI=1S/C9H10NO/c11-7-10-6-5-8-3-1-2-4-9(8)10/h1-4,6,11H,5,7H2/q+1. The third kappa shape index (κ3) is 0.955. The number of aliphatic hydroxyl groups is 1. The monoisotopic (exact) mass is 148 g/mol. The third-order valence-corrected chi connectivity index (χ3v) is 1.98. The molecule has 0 amide bonds. The molecule has 2 nitrogen and oxygen atoms in total. The van der Waals surface area contributed by atoms with Crippen molar-refractivity contribution in [2.24, 2.45) is 0 Å². The Hall–Kier alpha value is -1.15. The van der Waals surface area contributed by atoms with Crippen molar-refractivity contribution in [1.29, 1.82) is 0 Å². The van der Waals surface area contributed by atoms with Crippen molar-refractivity contribution in [2.45, 2.75) is 6.42 Å². The van der Waals surface area contributed by atoms with Crippen molar-refractivity contribution < 1.29 is 9.68 Å². The lowest BCUT2D eigenvalue weighted by Crippen LogP contribution is -2.03. The molecule has 56 valence electrons. The van der Waals surface area contributed by atoms with Crippen LogP contribution < -0.4 is 0 Å².